The standard InChI is InChI=1S/2C10H7NO2.Zn/c2*12-6-8-5-4-7-2-1-3-9(13)10(7)11-8;/h2*1-6,13H;. The second-order valence-electron chi connectivity index (χ2n) is 5.41. The molecule has 0 fully saturated rings. The molecule has 2 heterocycles. The number of pyridine rings is 2. The SMILES string of the molecule is O=Cc1ccc2cccc(O)c2n1.O=Cc1ccc2cccc(O)c2n1.[Zn]. The summed E-state index contributed by atoms with van der Waals surface area (Å²) in [6.45, 7) is 0. The van der Waals surface area contributed by atoms with Gasteiger partial charge in [0.15, 0.2) is 12.6 Å². The molecule has 6 nitrogen and oxygen atoms in total. The first kappa shape index (κ1) is 20.1. The van der Waals surface area contributed by atoms with Crippen molar-refractivity contribution >= 4 is 34.4 Å². The Morgan fingerprint density at radius 2 is 1.04 bits per heavy atom. The number of rotatable bonds is 2. The predicted octanol–water partition coefficient (Wildman–Crippen LogP) is 3.50. The summed E-state index contributed by atoms with van der Waals surface area (Å²) in [7, 11) is 0. The van der Waals surface area contributed by atoms with Gasteiger partial charge in [-0.15, -0.1) is 0 Å². The van der Waals surface area contributed by atoms with E-state index in [4.69, 9.17) is 0 Å². The fourth-order valence-corrected chi connectivity index (χ4v) is 2.42. The van der Waals surface area contributed by atoms with E-state index >= 15 is 0 Å². The first-order chi connectivity index (χ1) is 12.6. The number of carbonyl (C=O) groups excluding carboxylic acids is 2. The van der Waals surface area contributed by atoms with Crippen LogP contribution in [-0.2, 0) is 19.5 Å². The van der Waals surface area contributed by atoms with Gasteiger partial charge in [0.05, 0.1) is 0 Å². The number of benzene rings is 2. The Hall–Kier alpha value is -3.18. The fraction of sp³-hybridized carbons (Fsp3) is 0. The summed E-state index contributed by atoms with van der Waals surface area (Å²) in [5.74, 6) is 0.197. The molecular formula is C20H14N2O4Zn. The van der Waals surface area contributed by atoms with Crippen LogP contribution in [0.4, 0.5) is 0 Å². The minimum atomic E-state index is 0. The third kappa shape index (κ3) is 4.51. The second-order valence-corrected chi connectivity index (χ2v) is 5.41. The van der Waals surface area contributed by atoms with Crippen LogP contribution in [-0.4, -0.2) is 32.8 Å². The first-order valence-electron chi connectivity index (χ1n) is 7.70. The van der Waals surface area contributed by atoms with E-state index in [0.29, 0.717) is 35.0 Å². The maximum atomic E-state index is 10.4. The molecule has 0 amide bonds. The molecule has 0 aliphatic heterocycles. The molecule has 0 aliphatic carbocycles. The van der Waals surface area contributed by atoms with Crippen LogP contribution in [0.1, 0.15) is 21.0 Å². The molecule has 0 saturated heterocycles. The van der Waals surface area contributed by atoms with Gasteiger partial charge in [-0.3, -0.25) is 9.59 Å². The average molecular weight is 412 g/mol. The van der Waals surface area contributed by atoms with Gasteiger partial charge in [0.1, 0.15) is 33.9 Å². The number of aldehydes is 2. The van der Waals surface area contributed by atoms with Crippen molar-refractivity contribution in [3.8, 4) is 11.5 Å². The smallest absolute Gasteiger partial charge is 0.168 e. The normalized spacial score (nSPS) is 9.78. The number of nitrogens with zero attached hydrogens (tertiary/aromatic N) is 2. The minimum absolute atomic E-state index is 0. The summed E-state index contributed by atoms with van der Waals surface area (Å²) >= 11 is 0. The summed E-state index contributed by atoms with van der Waals surface area (Å²) in [5.41, 5.74) is 1.59. The van der Waals surface area contributed by atoms with E-state index in [1.807, 2.05) is 12.1 Å². The van der Waals surface area contributed by atoms with Gasteiger partial charge in [-0.1, -0.05) is 36.4 Å². The van der Waals surface area contributed by atoms with E-state index in [-0.39, 0.29) is 31.0 Å². The molecule has 2 aromatic carbocycles. The Labute approximate surface area is 167 Å². The van der Waals surface area contributed by atoms with Gasteiger partial charge >= 0.3 is 0 Å². The van der Waals surface area contributed by atoms with Gasteiger partial charge in [-0.2, -0.15) is 0 Å². The van der Waals surface area contributed by atoms with Crippen LogP contribution < -0.4 is 0 Å². The zero-order chi connectivity index (χ0) is 18.5. The average Bonchev–Trinajstić information content (AvgIpc) is 2.69. The molecule has 2 aromatic heterocycles. The van der Waals surface area contributed by atoms with E-state index in [9.17, 15) is 19.8 Å². The number of fused-ring (bicyclic) bond motifs is 2. The molecule has 4 rings (SSSR count). The number of phenols is 2. The molecule has 0 radical (unpaired) electrons. The van der Waals surface area contributed by atoms with Crippen LogP contribution in [0.15, 0.2) is 60.7 Å². The van der Waals surface area contributed by atoms with E-state index < -0.39 is 0 Å². The van der Waals surface area contributed by atoms with Gasteiger partial charge in [0.25, 0.3) is 0 Å². The molecule has 7 heteroatoms. The molecule has 130 valence electrons. The Morgan fingerprint density at radius 3 is 1.41 bits per heavy atom. The molecule has 27 heavy (non-hydrogen) atoms. The fourth-order valence-electron chi connectivity index (χ4n) is 2.42. The number of carbonyl (C=O) groups is 2. The zero-order valence-corrected chi connectivity index (χ0v) is 17.2. The predicted molar refractivity (Wildman–Crippen MR) is 97.6 cm³/mol. The van der Waals surface area contributed by atoms with E-state index in [1.54, 1.807) is 48.5 Å². The molecular weight excluding hydrogens is 398 g/mol. The van der Waals surface area contributed by atoms with Crippen molar-refractivity contribution in [2.24, 2.45) is 0 Å². The summed E-state index contributed by atoms with van der Waals surface area (Å²) in [4.78, 5) is 28.8. The van der Waals surface area contributed by atoms with Gasteiger partial charge < -0.3 is 10.2 Å². The molecule has 0 saturated carbocycles. The van der Waals surface area contributed by atoms with Crippen LogP contribution in [0, 0.1) is 0 Å². The summed E-state index contributed by atoms with van der Waals surface area (Å²) in [6, 6.07) is 17.0. The molecule has 0 unspecified atom stereocenters. The first-order valence-corrected chi connectivity index (χ1v) is 7.70. The maximum absolute atomic E-state index is 10.4. The molecule has 0 aliphatic rings. The van der Waals surface area contributed by atoms with Gasteiger partial charge in [0.2, 0.25) is 0 Å². The number of aromatic hydroxyl groups is 2. The topological polar surface area (TPSA) is 100 Å². The Kier molecular flexibility index (Phi) is 6.69. The zero-order valence-electron chi connectivity index (χ0n) is 14.2. The van der Waals surface area contributed by atoms with Gasteiger partial charge in [0, 0.05) is 30.3 Å². The van der Waals surface area contributed by atoms with Crippen molar-refractivity contribution in [3.05, 3.63) is 72.1 Å². The molecule has 0 bridgehead atoms. The van der Waals surface area contributed by atoms with E-state index in [2.05, 4.69) is 9.97 Å². The Bertz CT molecular complexity index is 1030. The van der Waals surface area contributed by atoms with Crippen molar-refractivity contribution in [2.75, 3.05) is 0 Å². The van der Waals surface area contributed by atoms with Crippen LogP contribution in [0.2, 0.25) is 0 Å². The van der Waals surface area contributed by atoms with E-state index in [0.717, 1.165) is 10.8 Å². The quantitative estimate of drug-likeness (QED) is 0.387. The summed E-state index contributed by atoms with van der Waals surface area (Å²) in [5, 5.41) is 20.5. The third-order valence-corrected chi connectivity index (χ3v) is 3.68. The van der Waals surface area contributed by atoms with Crippen molar-refractivity contribution < 1.29 is 39.3 Å². The van der Waals surface area contributed by atoms with Crippen molar-refractivity contribution in [3.63, 3.8) is 0 Å². The van der Waals surface area contributed by atoms with Crippen LogP contribution >= 0.6 is 0 Å². The number of hydrogen-bond acceptors (Lipinski definition) is 6. The van der Waals surface area contributed by atoms with Crippen molar-refractivity contribution in [1.29, 1.82) is 0 Å². The Balaban J connectivity index is 0.000000187. The Morgan fingerprint density at radius 1 is 0.630 bits per heavy atom. The van der Waals surface area contributed by atoms with E-state index in [1.165, 1.54) is 0 Å². The van der Waals surface area contributed by atoms with Crippen molar-refractivity contribution in [1.82, 2.24) is 9.97 Å². The largest absolute Gasteiger partial charge is 0.506 e. The minimum Gasteiger partial charge on any atom is -0.506 e. The molecule has 0 atom stereocenters. The molecule has 2 N–H and O–H groups in total. The second kappa shape index (κ2) is 8.96. The number of para-hydroxylation sites is 2. The van der Waals surface area contributed by atoms with Gasteiger partial charge in [-0.05, 0) is 24.3 Å². The van der Waals surface area contributed by atoms with Gasteiger partial charge in [-0.25, -0.2) is 9.97 Å². The van der Waals surface area contributed by atoms with Crippen LogP contribution in [0.5, 0.6) is 11.5 Å². The summed E-state index contributed by atoms with van der Waals surface area (Å²) < 4.78 is 0. The van der Waals surface area contributed by atoms with Crippen LogP contribution in [0.3, 0.4) is 0 Å². The molecule has 0 spiro atoms. The maximum Gasteiger partial charge on any atom is 0.168 e. The number of aromatic nitrogens is 2. The van der Waals surface area contributed by atoms with Crippen LogP contribution in [0.25, 0.3) is 21.8 Å². The van der Waals surface area contributed by atoms with Crippen molar-refractivity contribution in [2.45, 2.75) is 0 Å². The molecule has 4 aromatic rings. The summed E-state index contributed by atoms with van der Waals surface area (Å²) in [6.07, 6.45) is 1.32. The third-order valence-electron chi connectivity index (χ3n) is 3.68. The number of phenolic OH excluding ortho intramolecular Hbond substituents is 2. The monoisotopic (exact) mass is 410 g/mol. The number of hydrogen-bond donors (Lipinski definition) is 2.